The molecule has 2 rings (SSSR count). The molecule has 0 aromatic carbocycles. The summed E-state index contributed by atoms with van der Waals surface area (Å²) < 4.78 is 11.7. The molecule has 8 nitrogen and oxygen atoms in total. The van der Waals surface area contributed by atoms with E-state index in [2.05, 4.69) is 20.6 Å². The summed E-state index contributed by atoms with van der Waals surface area (Å²) in [5.41, 5.74) is 2.10. The SMILES string of the molecule is COCCc1nc(CNC(=O)c2c(C)nn(C)c2C)no1. The first kappa shape index (κ1) is 15.2. The molecule has 1 N–H and O–H groups in total. The van der Waals surface area contributed by atoms with Crippen LogP contribution in [0.1, 0.15) is 33.5 Å². The quantitative estimate of drug-likeness (QED) is 0.835. The second-order valence-corrected chi connectivity index (χ2v) is 4.70. The number of amides is 1. The van der Waals surface area contributed by atoms with E-state index in [1.807, 2.05) is 6.92 Å². The van der Waals surface area contributed by atoms with Crippen LogP contribution in [0.5, 0.6) is 0 Å². The van der Waals surface area contributed by atoms with Crippen LogP contribution >= 0.6 is 0 Å². The van der Waals surface area contributed by atoms with Gasteiger partial charge in [0.05, 0.1) is 30.8 Å². The van der Waals surface area contributed by atoms with E-state index in [9.17, 15) is 4.79 Å². The highest BCUT2D eigenvalue weighted by atomic mass is 16.5. The molecule has 21 heavy (non-hydrogen) atoms. The Balaban J connectivity index is 1.96. The van der Waals surface area contributed by atoms with Crippen LogP contribution in [0.25, 0.3) is 0 Å². The van der Waals surface area contributed by atoms with Gasteiger partial charge in [0.15, 0.2) is 5.82 Å². The number of carbonyl (C=O) groups excluding carboxylic acids is 1. The number of hydrogen-bond donors (Lipinski definition) is 1. The summed E-state index contributed by atoms with van der Waals surface area (Å²) in [4.78, 5) is 16.4. The summed E-state index contributed by atoms with van der Waals surface area (Å²) in [7, 11) is 3.41. The molecular formula is C13H19N5O3. The van der Waals surface area contributed by atoms with Gasteiger partial charge in [0.2, 0.25) is 5.89 Å². The fourth-order valence-corrected chi connectivity index (χ4v) is 2.00. The molecule has 0 aliphatic rings. The lowest BCUT2D eigenvalue weighted by atomic mass is 10.2. The van der Waals surface area contributed by atoms with E-state index in [1.165, 1.54) is 0 Å². The fourth-order valence-electron chi connectivity index (χ4n) is 2.00. The standard InChI is InChI=1S/C13H19N5O3/c1-8-12(9(2)18(3)16-8)13(19)14-7-10-15-11(21-17-10)5-6-20-4/h5-7H2,1-4H3,(H,14,19). The van der Waals surface area contributed by atoms with Gasteiger partial charge in [-0.2, -0.15) is 10.1 Å². The van der Waals surface area contributed by atoms with Crippen molar-refractivity contribution in [2.75, 3.05) is 13.7 Å². The van der Waals surface area contributed by atoms with Crippen molar-refractivity contribution in [1.82, 2.24) is 25.2 Å². The Morgan fingerprint density at radius 1 is 1.43 bits per heavy atom. The number of carbonyl (C=O) groups is 1. The van der Waals surface area contributed by atoms with Crippen molar-refractivity contribution < 1.29 is 14.1 Å². The van der Waals surface area contributed by atoms with Crippen molar-refractivity contribution in [3.8, 4) is 0 Å². The van der Waals surface area contributed by atoms with Gasteiger partial charge in [-0.05, 0) is 13.8 Å². The van der Waals surface area contributed by atoms with Crippen LogP contribution in [0.4, 0.5) is 0 Å². The van der Waals surface area contributed by atoms with E-state index < -0.39 is 0 Å². The van der Waals surface area contributed by atoms with Crippen molar-refractivity contribution in [1.29, 1.82) is 0 Å². The fraction of sp³-hybridized carbons (Fsp3) is 0.538. The molecule has 8 heteroatoms. The van der Waals surface area contributed by atoms with Crippen molar-refractivity contribution in [2.45, 2.75) is 26.8 Å². The number of ether oxygens (including phenoxy) is 1. The van der Waals surface area contributed by atoms with Gasteiger partial charge >= 0.3 is 0 Å². The molecule has 0 radical (unpaired) electrons. The van der Waals surface area contributed by atoms with E-state index in [0.29, 0.717) is 36.0 Å². The van der Waals surface area contributed by atoms with E-state index >= 15 is 0 Å². The average molecular weight is 293 g/mol. The van der Waals surface area contributed by atoms with Gasteiger partial charge in [-0.1, -0.05) is 5.16 Å². The predicted octanol–water partition coefficient (Wildman–Crippen LogP) is 0.539. The van der Waals surface area contributed by atoms with Crippen LogP contribution in [0, 0.1) is 13.8 Å². The third-order valence-corrected chi connectivity index (χ3v) is 3.17. The van der Waals surface area contributed by atoms with Crippen LogP contribution in [-0.4, -0.2) is 39.5 Å². The average Bonchev–Trinajstić information content (AvgIpc) is 2.99. The molecule has 0 bridgehead atoms. The summed E-state index contributed by atoms with van der Waals surface area (Å²) in [5, 5.41) is 10.8. The molecule has 0 fully saturated rings. The minimum Gasteiger partial charge on any atom is -0.384 e. The van der Waals surface area contributed by atoms with Crippen molar-refractivity contribution in [3.05, 3.63) is 28.7 Å². The summed E-state index contributed by atoms with van der Waals surface area (Å²) in [6, 6.07) is 0. The largest absolute Gasteiger partial charge is 0.384 e. The minimum absolute atomic E-state index is 0.193. The number of aryl methyl sites for hydroxylation is 2. The van der Waals surface area contributed by atoms with Gasteiger partial charge in [-0.3, -0.25) is 9.48 Å². The molecule has 0 aliphatic heterocycles. The Morgan fingerprint density at radius 3 is 2.81 bits per heavy atom. The third-order valence-electron chi connectivity index (χ3n) is 3.17. The lowest BCUT2D eigenvalue weighted by Crippen LogP contribution is -2.24. The summed E-state index contributed by atoms with van der Waals surface area (Å²) in [6.07, 6.45) is 0.554. The Morgan fingerprint density at radius 2 is 2.19 bits per heavy atom. The number of aromatic nitrogens is 4. The first-order valence-corrected chi connectivity index (χ1v) is 6.61. The Kier molecular flexibility index (Phi) is 4.69. The molecule has 2 heterocycles. The topological polar surface area (TPSA) is 95.1 Å². The molecule has 2 aromatic heterocycles. The molecule has 0 saturated heterocycles. The van der Waals surface area contributed by atoms with Gasteiger partial charge in [0.1, 0.15) is 0 Å². The highest BCUT2D eigenvalue weighted by molar-refractivity contribution is 5.96. The molecule has 0 saturated carbocycles. The summed E-state index contributed by atoms with van der Waals surface area (Å²) >= 11 is 0. The number of hydrogen-bond acceptors (Lipinski definition) is 6. The Labute approximate surface area is 122 Å². The highest BCUT2D eigenvalue weighted by Crippen LogP contribution is 2.11. The van der Waals surface area contributed by atoms with Crippen LogP contribution in [-0.2, 0) is 24.8 Å². The van der Waals surface area contributed by atoms with Gasteiger partial charge < -0.3 is 14.6 Å². The number of nitrogens with zero attached hydrogens (tertiary/aromatic N) is 4. The van der Waals surface area contributed by atoms with Crippen LogP contribution in [0.2, 0.25) is 0 Å². The number of methoxy groups -OCH3 is 1. The lowest BCUT2D eigenvalue weighted by Gasteiger charge is -2.02. The first-order valence-electron chi connectivity index (χ1n) is 6.61. The molecule has 0 spiro atoms. The zero-order chi connectivity index (χ0) is 15.4. The minimum atomic E-state index is -0.193. The van der Waals surface area contributed by atoms with E-state index in [1.54, 1.807) is 25.8 Å². The van der Waals surface area contributed by atoms with Gasteiger partial charge in [0, 0.05) is 19.9 Å². The van der Waals surface area contributed by atoms with E-state index in [0.717, 1.165) is 5.69 Å². The molecule has 0 unspecified atom stereocenters. The molecule has 0 aliphatic carbocycles. The molecular weight excluding hydrogens is 274 g/mol. The Hall–Kier alpha value is -2.22. The van der Waals surface area contributed by atoms with Gasteiger partial charge in [-0.15, -0.1) is 0 Å². The first-order chi connectivity index (χ1) is 10.0. The molecule has 114 valence electrons. The number of nitrogens with one attached hydrogen (secondary N) is 1. The van der Waals surface area contributed by atoms with E-state index in [-0.39, 0.29) is 12.5 Å². The molecule has 1 amide bonds. The highest BCUT2D eigenvalue weighted by Gasteiger charge is 2.17. The van der Waals surface area contributed by atoms with E-state index in [4.69, 9.17) is 9.26 Å². The lowest BCUT2D eigenvalue weighted by molar-refractivity contribution is 0.0948. The summed E-state index contributed by atoms with van der Waals surface area (Å²) in [6.45, 7) is 4.39. The predicted molar refractivity (Wildman–Crippen MR) is 73.7 cm³/mol. The zero-order valence-corrected chi connectivity index (χ0v) is 12.6. The van der Waals surface area contributed by atoms with Gasteiger partial charge in [-0.25, -0.2) is 0 Å². The maximum absolute atomic E-state index is 12.2. The molecule has 0 atom stereocenters. The maximum atomic E-state index is 12.2. The van der Waals surface area contributed by atoms with Gasteiger partial charge in [0.25, 0.3) is 5.91 Å². The second-order valence-electron chi connectivity index (χ2n) is 4.70. The zero-order valence-electron chi connectivity index (χ0n) is 12.6. The summed E-state index contributed by atoms with van der Waals surface area (Å²) in [5.74, 6) is 0.741. The van der Waals surface area contributed by atoms with Crippen LogP contribution in [0.15, 0.2) is 4.52 Å². The smallest absolute Gasteiger partial charge is 0.255 e. The Bertz CT molecular complexity index is 632. The normalized spacial score (nSPS) is 10.9. The van der Waals surface area contributed by atoms with Crippen molar-refractivity contribution in [3.63, 3.8) is 0 Å². The van der Waals surface area contributed by atoms with Crippen molar-refractivity contribution >= 4 is 5.91 Å². The third kappa shape index (κ3) is 3.46. The van der Waals surface area contributed by atoms with Crippen LogP contribution < -0.4 is 5.32 Å². The maximum Gasteiger partial charge on any atom is 0.255 e. The second kappa shape index (κ2) is 6.49. The van der Waals surface area contributed by atoms with Crippen LogP contribution in [0.3, 0.4) is 0 Å². The number of rotatable bonds is 6. The molecule has 2 aromatic rings. The van der Waals surface area contributed by atoms with Crippen molar-refractivity contribution in [2.24, 2.45) is 7.05 Å². The monoisotopic (exact) mass is 293 g/mol.